The van der Waals surface area contributed by atoms with Crippen molar-refractivity contribution < 1.29 is 9.23 Å². The number of halogens is 1. The third-order valence-corrected chi connectivity index (χ3v) is 6.59. The molecule has 0 spiro atoms. The van der Waals surface area contributed by atoms with Crippen LogP contribution >= 0.6 is 11.5 Å². The molecule has 1 saturated carbocycles. The Hall–Kier alpha value is -2.72. The van der Waals surface area contributed by atoms with Crippen molar-refractivity contribution >= 4 is 44.1 Å². The average molecular weight is 417 g/mol. The Bertz CT molecular complexity index is 1270. The van der Waals surface area contributed by atoms with Crippen LogP contribution in [-0.2, 0) is 4.84 Å². The van der Waals surface area contributed by atoms with Crippen LogP contribution in [0.1, 0.15) is 18.9 Å². The maximum Gasteiger partial charge on any atom is 0.271 e. The minimum Gasteiger partial charge on any atom is -0.399 e. The van der Waals surface area contributed by atoms with Gasteiger partial charge in [0.1, 0.15) is 23.1 Å². The molecule has 2 aliphatic rings. The number of benzene rings is 1. The van der Waals surface area contributed by atoms with Crippen LogP contribution in [0.2, 0.25) is 0 Å². The number of nitrogens with one attached hydrogen (secondary N) is 1. The van der Waals surface area contributed by atoms with E-state index in [9.17, 15) is 9.59 Å². The first-order valence-corrected chi connectivity index (χ1v) is 10.3. The van der Waals surface area contributed by atoms with Gasteiger partial charge >= 0.3 is 0 Å². The number of nitrogens with two attached hydrogens (primary N) is 1. The normalized spacial score (nSPS) is 21.0. The molecule has 3 aromatic rings. The van der Waals surface area contributed by atoms with E-state index in [1.165, 1.54) is 13.2 Å². The van der Waals surface area contributed by atoms with Crippen molar-refractivity contribution in [1.29, 1.82) is 0 Å². The van der Waals surface area contributed by atoms with Crippen molar-refractivity contribution in [3.63, 3.8) is 0 Å². The maximum absolute atomic E-state index is 15.1. The topological polar surface area (TPSA) is 106 Å². The molecule has 29 heavy (non-hydrogen) atoms. The number of aromatic amines is 1. The molecule has 152 valence electrons. The predicted molar refractivity (Wildman–Crippen MR) is 112 cm³/mol. The smallest absolute Gasteiger partial charge is 0.271 e. The summed E-state index contributed by atoms with van der Waals surface area (Å²) >= 11 is 1.16. The molecule has 2 fully saturated rings. The predicted octanol–water partition coefficient (Wildman–Crippen LogP) is 1.78. The van der Waals surface area contributed by atoms with Gasteiger partial charge in [-0.05, 0) is 36.5 Å². The monoisotopic (exact) mass is 417 g/mol. The molecule has 3 heterocycles. The van der Waals surface area contributed by atoms with Crippen LogP contribution in [0.4, 0.5) is 10.1 Å². The number of nitrogens with zero attached hydrogens (tertiary/aromatic N) is 3. The lowest BCUT2D eigenvalue weighted by molar-refractivity contribution is 0.211. The van der Waals surface area contributed by atoms with Gasteiger partial charge in [0, 0.05) is 30.4 Å². The SMILES string of the molecule is CO/N=C1\CN(c2cc3c(cc2F)c(=O)c2c(=O)[nH]sc2n3C2CC2)C[C@H]1CN. The molecular weight excluding hydrogens is 397 g/mol. The summed E-state index contributed by atoms with van der Waals surface area (Å²) in [5.74, 6) is -0.523. The molecule has 2 aromatic heterocycles. The molecule has 0 radical (unpaired) electrons. The van der Waals surface area contributed by atoms with Crippen LogP contribution < -0.4 is 21.6 Å². The van der Waals surface area contributed by atoms with Gasteiger partial charge in [-0.2, -0.15) is 0 Å². The van der Waals surface area contributed by atoms with Crippen LogP contribution in [0, 0.1) is 11.7 Å². The van der Waals surface area contributed by atoms with E-state index in [0.717, 1.165) is 30.1 Å². The fourth-order valence-corrected chi connectivity index (χ4v) is 5.08. The van der Waals surface area contributed by atoms with E-state index in [-0.39, 0.29) is 22.7 Å². The zero-order chi connectivity index (χ0) is 20.3. The minimum absolute atomic E-state index is 0.0203. The molecule has 1 aliphatic heterocycles. The third-order valence-electron chi connectivity index (χ3n) is 5.71. The fraction of sp³-hybridized carbons (Fsp3) is 0.421. The lowest BCUT2D eigenvalue weighted by Gasteiger charge is -2.20. The maximum atomic E-state index is 15.1. The van der Waals surface area contributed by atoms with E-state index in [0.29, 0.717) is 35.7 Å². The summed E-state index contributed by atoms with van der Waals surface area (Å²) in [5, 5.41) is 4.38. The zero-order valence-corrected chi connectivity index (χ0v) is 16.6. The van der Waals surface area contributed by atoms with Gasteiger partial charge in [-0.15, -0.1) is 0 Å². The van der Waals surface area contributed by atoms with Crippen LogP contribution in [0.3, 0.4) is 0 Å². The lowest BCUT2D eigenvalue weighted by atomic mass is 10.1. The van der Waals surface area contributed by atoms with Gasteiger partial charge in [0.05, 0.1) is 23.5 Å². The summed E-state index contributed by atoms with van der Waals surface area (Å²) < 4.78 is 19.8. The molecule has 3 N–H and O–H groups in total. The molecule has 0 bridgehead atoms. The van der Waals surface area contributed by atoms with Crippen molar-refractivity contribution in [2.75, 3.05) is 31.6 Å². The Balaban J connectivity index is 1.73. The second-order valence-corrected chi connectivity index (χ2v) is 8.34. The molecule has 1 saturated heterocycles. The summed E-state index contributed by atoms with van der Waals surface area (Å²) in [5.41, 5.74) is 6.82. The Morgan fingerprint density at radius 3 is 2.86 bits per heavy atom. The van der Waals surface area contributed by atoms with Gasteiger partial charge in [-0.25, -0.2) is 4.39 Å². The quantitative estimate of drug-likeness (QED) is 0.630. The number of H-pyrrole nitrogens is 1. The van der Waals surface area contributed by atoms with Crippen molar-refractivity contribution in [3.8, 4) is 0 Å². The molecule has 0 unspecified atom stereocenters. The van der Waals surface area contributed by atoms with Crippen molar-refractivity contribution in [3.05, 3.63) is 38.5 Å². The molecule has 1 aromatic carbocycles. The number of rotatable bonds is 4. The fourth-order valence-electron chi connectivity index (χ4n) is 4.15. The molecule has 1 atom stereocenters. The zero-order valence-electron chi connectivity index (χ0n) is 15.8. The van der Waals surface area contributed by atoms with E-state index >= 15 is 4.39 Å². The molecule has 1 aliphatic carbocycles. The second-order valence-electron chi connectivity index (χ2n) is 7.54. The number of hydrogen-bond donors (Lipinski definition) is 2. The van der Waals surface area contributed by atoms with E-state index in [1.807, 2.05) is 9.47 Å². The number of aromatic nitrogens is 2. The van der Waals surface area contributed by atoms with Crippen molar-refractivity contribution in [2.45, 2.75) is 18.9 Å². The van der Waals surface area contributed by atoms with E-state index < -0.39 is 16.8 Å². The first-order chi connectivity index (χ1) is 14.0. The van der Waals surface area contributed by atoms with Crippen LogP contribution in [0.15, 0.2) is 26.9 Å². The highest BCUT2D eigenvalue weighted by atomic mass is 32.1. The van der Waals surface area contributed by atoms with Crippen LogP contribution in [0.5, 0.6) is 0 Å². The van der Waals surface area contributed by atoms with Gasteiger partial charge in [0.2, 0.25) is 5.43 Å². The number of oxime groups is 1. The van der Waals surface area contributed by atoms with Gasteiger partial charge in [0.15, 0.2) is 0 Å². The first-order valence-electron chi connectivity index (χ1n) is 9.47. The Morgan fingerprint density at radius 1 is 1.38 bits per heavy atom. The van der Waals surface area contributed by atoms with E-state index in [1.54, 1.807) is 6.07 Å². The number of pyridine rings is 1. The second kappa shape index (κ2) is 6.67. The molecule has 8 nitrogen and oxygen atoms in total. The van der Waals surface area contributed by atoms with Gasteiger partial charge in [0.25, 0.3) is 5.56 Å². The number of hydrogen-bond acceptors (Lipinski definition) is 7. The van der Waals surface area contributed by atoms with Crippen LogP contribution in [-0.4, -0.2) is 41.4 Å². The number of fused-ring (bicyclic) bond motifs is 2. The summed E-state index contributed by atoms with van der Waals surface area (Å²) in [6.45, 7) is 1.32. The Labute approximate surface area is 168 Å². The Kier molecular flexibility index (Phi) is 4.21. The van der Waals surface area contributed by atoms with Crippen molar-refractivity contribution in [1.82, 2.24) is 8.94 Å². The minimum atomic E-state index is -0.502. The third kappa shape index (κ3) is 2.77. The molecule has 10 heteroatoms. The van der Waals surface area contributed by atoms with Gasteiger partial charge in [-0.3, -0.25) is 14.0 Å². The van der Waals surface area contributed by atoms with Gasteiger partial charge < -0.3 is 20.0 Å². The highest BCUT2D eigenvalue weighted by molar-refractivity contribution is 7.12. The summed E-state index contributed by atoms with van der Waals surface area (Å²) in [4.78, 5) is 32.5. The average Bonchev–Trinajstić information content (AvgIpc) is 3.35. The molecule has 5 rings (SSSR count). The van der Waals surface area contributed by atoms with Crippen molar-refractivity contribution in [2.24, 2.45) is 16.8 Å². The summed E-state index contributed by atoms with van der Waals surface area (Å²) in [7, 11) is 1.47. The molecular formula is C19H20FN5O3S. The van der Waals surface area contributed by atoms with Gasteiger partial charge in [-0.1, -0.05) is 5.16 Å². The molecule has 0 amide bonds. The lowest BCUT2D eigenvalue weighted by Crippen LogP contribution is -2.24. The largest absolute Gasteiger partial charge is 0.399 e. The summed E-state index contributed by atoms with van der Waals surface area (Å²) in [6, 6.07) is 3.19. The highest BCUT2D eigenvalue weighted by Gasteiger charge is 2.33. The number of anilines is 1. The Morgan fingerprint density at radius 2 is 2.17 bits per heavy atom. The standard InChI is InChI=1S/C19H20FN5O3S/c1-28-22-13-8-24(7-9(13)6-21)15-5-14-11(4-12(15)20)17(26)16-18(27)23-29-19(16)25(14)10-2-3-10/h4-5,9-10H,2-3,6-8,21H2,1H3,(H,23,27)/b22-13+/t9-/m1/s1. The highest BCUT2D eigenvalue weighted by Crippen LogP contribution is 2.41. The first kappa shape index (κ1) is 18.3. The van der Waals surface area contributed by atoms with Crippen LogP contribution in [0.25, 0.3) is 21.1 Å². The van der Waals surface area contributed by atoms with E-state index in [2.05, 4.69) is 9.53 Å². The summed E-state index contributed by atoms with van der Waals surface area (Å²) in [6.07, 6.45) is 1.94. The van der Waals surface area contributed by atoms with E-state index in [4.69, 9.17) is 10.6 Å².